The Kier molecular flexibility index (Phi) is 4.13. The van der Waals surface area contributed by atoms with Crippen molar-refractivity contribution in [1.82, 2.24) is 9.97 Å². The van der Waals surface area contributed by atoms with Crippen LogP contribution in [0.1, 0.15) is 5.56 Å². The summed E-state index contributed by atoms with van der Waals surface area (Å²) in [6.07, 6.45) is 2.94. The molecule has 0 saturated carbocycles. The molecule has 98 valence electrons. The Morgan fingerprint density at radius 1 is 1.32 bits per heavy atom. The van der Waals surface area contributed by atoms with Crippen LogP contribution in [0.4, 0.5) is 5.69 Å². The summed E-state index contributed by atoms with van der Waals surface area (Å²) in [6, 6.07) is 4.20. The van der Waals surface area contributed by atoms with Gasteiger partial charge in [-0.2, -0.15) is 0 Å². The van der Waals surface area contributed by atoms with Crippen LogP contribution in [0.25, 0.3) is 0 Å². The van der Waals surface area contributed by atoms with Gasteiger partial charge in [0.1, 0.15) is 0 Å². The SMILES string of the molecule is O=[N+]([O-])c1cccc(Cl)c1Oc1ncc(CCl)cn1. The fourth-order valence-corrected chi connectivity index (χ4v) is 1.64. The quantitative estimate of drug-likeness (QED) is 0.490. The summed E-state index contributed by atoms with van der Waals surface area (Å²) >= 11 is 11.5. The summed E-state index contributed by atoms with van der Waals surface area (Å²) in [7, 11) is 0. The number of hydrogen-bond acceptors (Lipinski definition) is 5. The first-order valence-corrected chi connectivity index (χ1v) is 6.00. The van der Waals surface area contributed by atoms with Crippen molar-refractivity contribution in [2.45, 2.75) is 5.88 Å². The number of halogens is 2. The summed E-state index contributed by atoms with van der Waals surface area (Å²) in [4.78, 5) is 18.1. The van der Waals surface area contributed by atoms with Crippen LogP contribution >= 0.6 is 23.2 Å². The highest BCUT2D eigenvalue weighted by atomic mass is 35.5. The lowest BCUT2D eigenvalue weighted by Gasteiger charge is -2.06. The van der Waals surface area contributed by atoms with Gasteiger partial charge in [-0.05, 0) is 6.07 Å². The number of nitrogens with zero attached hydrogens (tertiary/aromatic N) is 3. The second-order valence-corrected chi connectivity index (χ2v) is 4.13. The number of rotatable bonds is 4. The van der Waals surface area contributed by atoms with E-state index in [1.54, 1.807) is 0 Å². The number of nitro benzene ring substituents is 1. The van der Waals surface area contributed by atoms with E-state index in [1.165, 1.54) is 30.6 Å². The summed E-state index contributed by atoms with van der Waals surface area (Å²) < 4.78 is 5.26. The molecule has 0 aliphatic rings. The fraction of sp³-hybridized carbons (Fsp3) is 0.0909. The summed E-state index contributed by atoms with van der Waals surface area (Å²) in [6.45, 7) is 0. The van der Waals surface area contributed by atoms with E-state index in [4.69, 9.17) is 27.9 Å². The lowest BCUT2D eigenvalue weighted by atomic mass is 10.3. The van der Waals surface area contributed by atoms with Crippen LogP contribution in [0.2, 0.25) is 5.02 Å². The molecule has 0 saturated heterocycles. The maximum atomic E-state index is 10.9. The zero-order valence-electron chi connectivity index (χ0n) is 9.42. The van der Waals surface area contributed by atoms with E-state index in [0.29, 0.717) is 5.56 Å². The van der Waals surface area contributed by atoms with E-state index in [1.807, 2.05) is 0 Å². The molecule has 1 heterocycles. The first-order valence-electron chi connectivity index (χ1n) is 5.09. The first kappa shape index (κ1) is 13.5. The third-order valence-corrected chi connectivity index (χ3v) is 2.78. The number of hydrogen-bond donors (Lipinski definition) is 0. The van der Waals surface area contributed by atoms with Crippen molar-refractivity contribution in [3.8, 4) is 11.8 Å². The summed E-state index contributed by atoms with van der Waals surface area (Å²) in [5, 5.41) is 11.0. The molecular formula is C11H7Cl2N3O3. The molecule has 19 heavy (non-hydrogen) atoms. The monoisotopic (exact) mass is 299 g/mol. The third kappa shape index (κ3) is 3.10. The molecular weight excluding hydrogens is 293 g/mol. The highest BCUT2D eigenvalue weighted by Crippen LogP contribution is 2.36. The molecule has 0 unspecified atom stereocenters. The van der Waals surface area contributed by atoms with Crippen molar-refractivity contribution < 1.29 is 9.66 Å². The van der Waals surface area contributed by atoms with Gasteiger partial charge in [0.2, 0.25) is 5.75 Å². The van der Waals surface area contributed by atoms with Crippen LogP contribution in [0.15, 0.2) is 30.6 Å². The number of aromatic nitrogens is 2. The van der Waals surface area contributed by atoms with Crippen molar-refractivity contribution in [3.63, 3.8) is 0 Å². The molecule has 2 rings (SSSR count). The van der Waals surface area contributed by atoms with Crippen LogP contribution < -0.4 is 4.74 Å². The van der Waals surface area contributed by atoms with Crippen molar-refractivity contribution >= 4 is 28.9 Å². The molecule has 1 aromatic carbocycles. The smallest absolute Gasteiger partial charge is 0.322 e. The van der Waals surface area contributed by atoms with Gasteiger partial charge >= 0.3 is 11.7 Å². The maximum absolute atomic E-state index is 10.9. The number of alkyl halides is 1. The predicted molar refractivity (Wildman–Crippen MR) is 69.8 cm³/mol. The van der Waals surface area contributed by atoms with E-state index >= 15 is 0 Å². The average molecular weight is 300 g/mol. The largest absolute Gasteiger partial charge is 0.415 e. The molecule has 8 heteroatoms. The van der Waals surface area contributed by atoms with E-state index in [9.17, 15) is 10.1 Å². The molecule has 0 atom stereocenters. The van der Waals surface area contributed by atoms with E-state index < -0.39 is 4.92 Å². The van der Waals surface area contributed by atoms with Gasteiger partial charge in [0.25, 0.3) is 0 Å². The molecule has 2 aromatic rings. The Hall–Kier alpha value is -1.92. The highest BCUT2D eigenvalue weighted by molar-refractivity contribution is 6.32. The molecule has 0 aliphatic carbocycles. The Labute approximate surface area is 118 Å². The summed E-state index contributed by atoms with van der Waals surface area (Å²) in [5.74, 6) is 0.180. The van der Waals surface area contributed by atoms with E-state index in [-0.39, 0.29) is 28.3 Å². The van der Waals surface area contributed by atoms with Gasteiger partial charge < -0.3 is 4.74 Å². The molecule has 0 spiro atoms. The minimum atomic E-state index is -0.589. The second kappa shape index (κ2) is 5.81. The number of benzene rings is 1. The zero-order chi connectivity index (χ0) is 13.8. The van der Waals surface area contributed by atoms with Gasteiger partial charge in [0.15, 0.2) is 0 Å². The predicted octanol–water partition coefficient (Wildman–Crippen LogP) is 3.57. The molecule has 0 radical (unpaired) electrons. The van der Waals surface area contributed by atoms with Gasteiger partial charge in [-0.25, -0.2) is 9.97 Å². The molecule has 1 aromatic heterocycles. The molecule has 6 nitrogen and oxygen atoms in total. The van der Waals surface area contributed by atoms with Gasteiger partial charge in [-0.15, -0.1) is 11.6 Å². The van der Waals surface area contributed by atoms with Crippen LogP contribution in [0, 0.1) is 10.1 Å². The highest BCUT2D eigenvalue weighted by Gasteiger charge is 2.19. The standard InChI is InChI=1S/C11H7Cl2N3O3/c12-4-7-5-14-11(15-6-7)19-10-8(13)2-1-3-9(10)16(17)18/h1-3,5-6H,4H2. The Morgan fingerprint density at radius 2 is 2.00 bits per heavy atom. The Balaban J connectivity index is 2.34. The topological polar surface area (TPSA) is 78.2 Å². The molecule has 0 fully saturated rings. The van der Waals surface area contributed by atoms with Crippen LogP contribution in [-0.4, -0.2) is 14.9 Å². The fourth-order valence-electron chi connectivity index (χ4n) is 1.30. The lowest BCUT2D eigenvalue weighted by Crippen LogP contribution is -1.97. The molecule has 0 bridgehead atoms. The minimum absolute atomic E-state index is 0.0370. The third-order valence-electron chi connectivity index (χ3n) is 2.17. The molecule has 0 aliphatic heterocycles. The maximum Gasteiger partial charge on any atom is 0.322 e. The van der Waals surface area contributed by atoms with Gasteiger partial charge in [0, 0.05) is 24.0 Å². The van der Waals surface area contributed by atoms with Gasteiger partial charge in [0.05, 0.1) is 15.8 Å². The van der Waals surface area contributed by atoms with Gasteiger partial charge in [-0.1, -0.05) is 17.7 Å². The van der Waals surface area contributed by atoms with Crippen molar-refractivity contribution in [2.75, 3.05) is 0 Å². The van der Waals surface area contributed by atoms with Crippen molar-refractivity contribution in [3.05, 3.63) is 51.3 Å². The van der Waals surface area contributed by atoms with Crippen molar-refractivity contribution in [1.29, 1.82) is 0 Å². The number of ether oxygens (including phenoxy) is 1. The van der Waals surface area contributed by atoms with Crippen molar-refractivity contribution in [2.24, 2.45) is 0 Å². The van der Waals surface area contributed by atoms with E-state index in [2.05, 4.69) is 9.97 Å². The minimum Gasteiger partial charge on any atom is -0.415 e. The van der Waals surface area contributed by atoms with E-state index in [0.717, 1.165) is 0 Å². The number of nitro groups is 1. The normalized spacial score (nSPS) is 10.2. The number of para-hydroxylation sites is 1. The molecule has 0 N–H and O–H groups in total. The van der Waals surface area contributed by atoms with Crippen LogP contribution in [-0.2, 0) is 5.88 Å². The lowest BCUT2D eigenvalue weighted by molar-refractivity contribution is -0.385. The molecule has 0 amide bonds. The van der Waals surface area contributed by atoms with Gasteiger partial charge in [-0.3, -0.25) is 10.1 Å². The first-order chi connectivity index (χ1) is 9.11. The van der Waals surface area contributed by atoms with Crippen LogP contribution in [0.5, 0.6) is 11.8 Å². The average Bonchev–Trinajstić information content (AvgIpc) is 2.41. The summed E-state index contributed by atoms with van der Waals surface area (Å²) in [5.41, 5.74) is 0.459. The Morgan fingerprint density at radius 3 is 2.58 bits per heavy atom. The zero-order valence-corrected chi connectivity index (χ0v) is 10.9. The second-order valence-electron chi connectivity index (χ2n) is 3.45. The van der Waals surface area contributed by atoms with Crippen LogP contribution in [0.3, 0.4) is 0 Å². The Bertz CT molecular complexity index is 605.